The first-order valence-corrected chi connectivity index (χ1v) is 9.08. The van der Waals surface area contributed by atoms with Crippen molar-refractivity contribution in [2.24, 2.45) is 0 Å². The molecule has 2 aromatic carbocycles. The van der Waals surface area contributed by atoms with E-state index in [4.69, 9.17) is 4.74 Å². The summed E-state index contributed by atoms with van der Waals surface area (Å²) in [6.45, 7) is 2.63. The number of aromatic nitrogens is 2. The molecule has 1 fully saturated rings. The highest BCUT2D eigenvalue weighted by molar-refractivity contribution is 6.01. The highest BCUT2D eigenvalue weighted by atomic mass is 19.1. The number of nitrogens with zero attached hydrogens (tertiary/aromatic N) is 2. The molecule has 28 heavy (non-hydrogen) atoms. The number of methoxy groups -OCH3 is 1. The molecule has 0 aliphatic carbocycles. The number of hydrogen-bond donors (Lipinski definition) is 2. The highest BCUT2D eigenvalue weighted by Gasteiger charge is 2.32. The fourth-order valence-corrected chi connectivity index (χ4v) is 3.57. The van der Waals surface area contributed by atoms with E-state index in [2.05, 4.69) is 15.5 Å². The van der Waals surface area contributed by atoms with Gasteiger partial charge in [-0.3, -0.25) is 9.89 Å². The molecule has 0 spiro atoms. The van der Waals surface area contributed by atoms with Crippen molar-refractivity contribution >= 4 is 17.3 Å². The molecule has 0 bridgehead atoms. The molecule has 7 heteroatoms. The van der Waals surface area contributed by atoms with Gasteiger partial charge >= 0.3 is 0 Å². The highest BCUT2D eigenvalue weighted by Crippen LogP contribution is 2.30. The van der Waals surface area contributed by atoms with Gasteiger partial charge in [0.2, 0.25) is 5.91 Å². The van der Waals surface area contributed by atoms with Crippen molar-refractivity contribution in [2.45, 2.75) is 19.4 Å². The normalized spacial score (nSPS) is 16.5. The predicted octanol–water partition coefficient (Wildman–Crippen LogP) is 3.75. The Morgan fingerprint density at radius 2 is 2.14 bits per heavy atom. The molecule has 1 aliphatic heterocycles. The van der Waals surface area contributed by atoms with Gasteiger partial charge in [0.15, 0.2) is 11.6 Å². The van der Waals surface area contributed by atoms with E-state index in [1.165, 1.54) is 13.2 Å². The fraction of sp³-hybridized carbons (Fsp3) is 0.238. The van der Waals surface area contributed by atoms with Crippen LogP contribution in [0.3, 0.4) is 0 Å². The molecule has 1 aromatic heterocycles. The molecule has 4 rings (SSSR count). The largest absolute Gasteiger partial charge is 0.494 e. The van der Waals surface area contributed by atoms with E-state index in [0.29, 0.717) is 18.7 Å². The van der Waals surface area contributed by atoms with Gasteiger partial charge in [-0.05, 0) is 48.7 Å². The van der Waals surface area contributed by atoms with E-state index in [9.17, 15) is 9.18 Å². The van der Waals surface area contributed by atoms with Crippen molar-refractivity contribution in [3.63, 3.8) is 0 Å². The average Bonchev–Trinajstić information content (AvgIpc) is 3.33. The van der Waals surface area contributed by atoms with E-state index in [1.807, 2.05) is 31.3 Å². The average molecular weight is 380 g/mol. The van der Waals surface area contributed by atoms with Gasteiger partial charge < -0.3 is 15.0 Å². The number of anilines is 2. The number of carbonyl (C=O) groups excluding carboxylic acids is 1. The maximum Gasteiger partial charge on any atom is 0.249 e. The summed E-state index contributed by atoms with van der Waals surface area (Å²) in [5, 5.41) is 9.93. The molecule has 1 amide bonds. The Morgan fingerprint density at radius 3 is 2.82 bits per heavy atom. The minimum atomic E-state index is -0.458. The summed E-state index contributed by atoms with van der Waals surface area (Å²) < 4.78 is 18.8. The van der Waals surface area contributed by atoms with Crippen LogP contribution in [0.2, 0.25) is 0 Å². The third kappa shape index (κ3) is 3.31. The Kier molecular flexibility index (Phi) is 4.73. The lowest BCUT2D eigenvalue weighted by Crippen LogP contribution is -2.33. The van der Waals surface area contributed by atoms with Gasteiger partial charge in [-0.25, -0.2) is 4.39 Å². The number of H-pyrrole nitrogens is 1. The third-order valence-corrected chi connectivity index (χ3v) is 5.03. The van der Waals surface area contributed by atoms with Gasteiger partial charge in [0.05, 0.1) is 13.3 Å². The number of ether oxygens (including phenoxy) is 1. The van der Waals surface area contributed by atoms with Gasteiger partial charge in [0, 0.05) is 35.7 Å². The first-order chi connectivity index (χ1) is 13.6. The number of carbonyl (C=O) groups is 1. The Hall–Kier alpha value is -3.35. The maximum absolute atomic E-state index is 13.9. The Balaban J connectivity index is 1.50. The molecule has 1 atom stereocenters. The smallest absolute Gasteiger partial charge is 0.249 e. The minimum Gasteiger partial charge on any atom is -0.494 e. The van der Waals surface area contributed by atoms with Crippen molar-refractivity contribution in [1.29, 1.82) is 0 Å². The summed E-state index contributed by atoms with van der Waals surface area (Å²) in [7, 11) is 1.42. The number of halogens is 1. The lowest BCUT2D eigenvalue weighted by Gasteiger charge is -2.19. The lowest BCUT2D eigenvalue weighted by atomic mass is 10.0. The van der Waals surface area contributed by atoms with Crippen LogP contribution in [0.5, 0.6) is 5.75 Å². The number of benzene rings is 2. The van der Waals surface area contributed by atoms with Crippen LogP contribution >= 0.6 is 0 Å². The number of hydrogen-bond acceptors (Lipinski definition) is 4. The van der Waals surface area contributed by atoms with Gasteiger partial charge in [-0.15, -0.1) is 0 Å². The molecule has 2 heterocycles. The fourth-order valence-electron chi connectivity index (χ4n) is 3.57. The second kappa shape index (κ2) is 7.34. The molecular weight excluding hydrogens is 359 g/mol. The van der Waals surface area contributed by atoms with Crippen LogP contribution in [0, 0.1) is 12.7 Å². The van der Waals surface area contributed by atoms with Crippen molar-refractivity contribution in [3.8, 4) is 16.9 Å². The standard InChI is InChI=1S/C21H21FN4O2/c1-13-9-16(4-5-17(13)14-11-23-24-12-14)26-8-7-19(21(26)27)25-15-3-6-20(28-2)18(22)10-15/h3-6,9-12,19,25H,7-8H2,1-2H3,(H,23,24). The van der Waals surface area contributed by atoms with E-state index >= 15 is 0 Å². The van der Waals surface area contributed by atoms with Crippen LogP contribution in [-0.4, -0.2) is 35.8 Å². The van der Waals surface area contributed by atoms with Crippen molar-refractivity contribution < 1.29 is 13.9 Å². The monoisotopic (exact) mass is 380 g/mol. The van der Waals surface area contributed by atoms with E-state index in [1.54, 1.807) is 23.2 Å². The maximum atomic E-state index is 13.9. The summed E-state index contributed by atoms with van der Waals surface area (Å²) in [6, 6.07) is 10.2. The molecular formula is C21H21FN4O2. The Bertz CT molecular complexity index is 1000. The summed E-state index contributed by atoms with van der Waals surface area (Å²) >= 11 is 0. The van der Waals surface area contributed by atoms with E-state index in [-0.39, 0.29) is 17.7 Å². The molecule has 144 valence electrons. The number of aromatic amines is 1. The van der Waals surface area contributed by atoms with Crippen LogP contribution in [0.15, 0.2) is 48.8 Å². The van der Waals surface area contributed by atoms with Crippen LogP contribution in [0.25, 0.3) is 11.1 Å². The van der Waals surface area contributed by atoms with Crippen molar-refractivity contribution in [2.75, 3.05) is 23.9 Å². The number of rotatable bonds is 5. The second-order valence-corrected chi connectivity index (χ2v) is 6.81. The lowest BCUT2D eigenvalue weighted by molar-refractivity contribution is -0.117. The molecule has 6 nitrogen and oxygen atoms in total. The Morgan fingerprint density at radius 1 is 1.29 bits per heavy atom. The third-order valence-electron chi connectivity index (χ3n) is 5.03. The molecule has 1 unspecified atom stereocenters. The van der Waals surface area contributed by atoms with E-state index in [0.717, 1.165) is 22.4 Å². The summed E-state index contributed by atoms with van der Waals surface area (Å²) in [5.41, 5.74) is 4.58. The van der Waals surface area contributed by atoms with Gasteiger partial charge in [0.25, 0.3) is 0 Å². The minimum absolute atomic E-state index is 0.0216. The zero-order chi connectivity index (χ0) is 19.7. The van der Waals surface area contributed by atoms with E-state index < -0.39 is 5.82 Å². The van der Waals surface area contributed by atoms with Crippen LogP contribution < -0.4 is 15.0 Å². The summed E-state index contributed by atoms with van der Waals surface area (Å²) in [6.07, 6.45) is 4.27. The molecule has 2 N–H and O–H groups in total. The molecule has 3 aromatic rings. The van der Waals surface area contributed by atoms with Crippen molar-refractivity contribution in [1.82, 2.24) is 10.2 Å². The molecule has 0 saturated carbocycles. The summed E-state index contributed by atoms with van der Waals surface area (Å²) in [4.78, 5) is 14.6. The topological polar surface area (TPSA) is 70.2 Å². The zero-order valence-corrected chi connectivity index (χ0v) is 15.7. The van der Waals surface area contributed by atoms with Crippen molar-refractivity contribution in [3.05, 3.63) is 60.2 Å². The van der Waals surface area contributed by atoms with Gasteiger partial charge in [-0.1, -0.05) is 6.07 Å². The number of aryl methyl sites for hydroxylation is 1. The SMILES string of the molecule is COc1ccc(NC2CCN(c3ccc(-c4cn[nH]c4)c(C)c3)C2=O)cc1F. The van der Waals surface area contributed by atoms with Gasteiger partial charge in [-0.2, -0.15) is 5.10 Å². The summed E-state index contributed by atoms with van der Waals surface area (Å²) in [5.74, 6) is -0.301. The van der Waals surface area contributed by atoms with Crippen LogP contribution in [0.1, 0.15) is 12.0 Å². The van der Waals surface area contributed by atoms with Crippen LogP contribution in [0.4, 0.5) is 15.8 Å². The van der Waals surface area contributed by atoms with Gasteiger partial charge in [0.1, 0.15) is 6.04 Å². The second-order valence-electron chi connectivity index (χ2n) is 6.81. The number of nitrogens with one attached hydrogen (secondary N) is 2. The Labute approximate surface area is 162 Å². The molecule has 1 saturated heterocycles. The first kappa shape index (κ1) is 18.0. The van der Waals surface area contributed by atoms with Crippen LogP contribution in [-0.2, 0) is 4.79 Å². The zero-order valence-electron chi connectivity index (χ0n) is 15.7. The number of amides is 1. The first-order valence-electron chi connectivity index (χ1n) is 9.08. The predicted molar refractivity (Wildman–Crippen MR) is 106 cm³/mol. The quantitative estimate of drug-likeness (QED) is 0.707. The molecule has 0 radical (unpaired) electrons. The molecule has 1 aliphatic rings.